The highest BCUT2D eigenvalue weighted by molar-refractivity contribution is 5.86. The second kappa shape index (κ2) is 10.1. The first-order chi connectivity index (χ1) is 17.4. The first kappa shape index (κ1) is 24.0. The van der Waals surface area contributed by atoms with Crippen molar-refractivity contribution in [1.82, 2.24) is 20.2 Å². The molecule has 0 bridgehead atoms. The SMILES string of the molecule is CC(C)(C)OC(=O)N1CCC[C@@H](NCc2cc(-c3cncnc3)cc3ccoc23)[C@H]1c1ccccc1. The van der Waals surface area contributed by atoms with E-state index in [1.807, 2.05) is 62.3 Å². The van der Waals surface area contributed by atoms with E-state index in [9.17, 15) is 4.79 Å². The number of carbonyl (C=O) groups excluding carboxylic acids is 1. The lowest BCUT2D eigenvalue weighted by Crippen LogP contribution is -2.51. The van der Waals surface area contributed by atoms with Crippen molar-refractivity contribution in [2.24, 2.45) is 0 Å². The minimum Gasteiger partial charge on any atom is -0.464 e. The van der Waals surface area contributed by atoms with Crippen LogP contribution in [0, 0.1) is 0 Å². The van der Waals surface area contributed by atoms with Crippen molar-refractivity contribution in [1.29, 1.82) is 0 Å². The van der Waals surface area contributed by atoms with Gasteiger partial charge in [-0.15, -0.1) is 0 Å². The third kappa shape index (κ3) is 5.26. The summed E-state index contributed by atoms with van der Waals surface area (Å²) in [5.74, 6) is 0. The van der Waals surface area contributed by atoms with Crippen LogP contribution in [0.4, 0.5) is 4.79 Å². The molecule has 1 N–H and O–H groups in total. The Morgan fingerprint density at radius 1 is 1.11 bits per heavy atom. The first-order valence-corrected chi connectivity index (χ1v) is 12.4. The molecule has 7 heteroatoms. The summed E-state index contributed by atoms with van der Waals surface area (Å²) in [6.45, 7) is 6.98. The fraction of sp³-hybridized carbons (Fsp3) is 0.345. The molecule has 1 fully saturated rings. The summed E-state index contributed by atoms with van der Waals surface area (Å²) < 4.78 is 11.6. The molecular weight excluding hydrogens is 452 g/mol. The lowest BCUT2D eigenvalue weighted by molar-refractivity contribution is 0.00381. The molecule has 1 saturated heterocycles. The van der Waals surface area contributed by atoms with Crippen LogP contribution < -0.4 is 5.32 Å². The van der Waals surface area contributed by atoms with Crippen LogP contribution in [-0.2, 0) is 11.3 Å². The molecule has 0 aliphatic carbocycles. The Kier molecular flexibility index (Phi) is 6.74. The Bertz CT molecular complexity index is 1310. The predicted molar refractivity (Wildman–Crippen MR) is 139 cm³/mol. The van der Waals surface area contributed by atoms with E-state index in [0.717, 1.165) is 46.1 Å². The van der Waals surface area contributed by atoms with Crippen molar-refractivity contribution in [3.63, 3.8) is 0 Å². The standard InChI is InChI=1S/C29H32N4O3/c1-29(2,3)36-28(34)33-12-7-10-25(26(33)20-8-5-4-6-9-20)32-18-23-15-22(24-16-30-19-31-17-24)14-21-11-13-35-27(21)23/h4-6,8-9,11,13-17,19,25-26,32H,7,10,12,18H2,1-3H3/t25-,26-/m1/s1. The molecule has 7 nitrogen and oxygen atoms in total. The number of hydrogen-bond acceptors (Lipinski definition) is 6. The van der Waals surface area contributed by atoms with Gasteiger partial charge in [-0.05, 0) is 62.9 Å². The van der Waals surface area contributed by atoms with Gasteiger partial charge in [0.05, 0.1) is 12.3 Å². The maximum absolute atomic E-state index is 13.2. The van der Waals surface area contributed by atoms with Gasteiger partial charge in [-0.2, -0.15) is 0 Å². The molecule has 2 aromatic heterocycles. The van der Waals surface area contributed by atoms with E-state index >= 15 is 0 Å². The molecule has 0 saturated carbocycles. The third-order valence-corrected chi connectivity index (χ3v) is 6.48. The minimum atomic E-state index is -0.550. The van der Waals surface area contributed by atoms with Crippen molar-refractivity contribution in [3.8, 4) is 11.1 Å². The van der Waals surface area contributed by atoms with E-state index < -0.39 is 5.60 Å². The lowest BCUT2D eigenvalue weighted by atomic mass is 9.90. The molecule has 2 atom stereocenters. The molecule has 2 aromatic carbocycles. The smallest absolute Gasteiger partial charge is 0.410 e. The van der Waals surface area contributed by atoms with Crippen LogP contribution in [0.1, 0.15) is 50.8 Å². The number of nitrogens with zero attached hydrogens (tertiary/aromatic N) is 3. The van der Waals surface area contributed by atoms with Gasteiger partial charge in [0.2, 0.25) is 0 Å². The van der Waals surface area contributed by atoms with Gasteiger partial charge in [0.1, 0.15) is 17.5 Å². The zero-order chi connectivity index (χ0) is 25.1. The fourth-order valence-corrected chi connectivity index (χ4v) is 4.94. The van der Waals surface area contributed by atoms with Crippen LogP contribution in [0.25, 0.3) is 22.1 Å². The van der Waals surface area contributed by atoms with Gasteiger partial charge in [-0.25, -0.2) is 14.8 Å². The number of amides is 1. The number of hydrogen-bond donors (Lipinski definition) is 1. The van der Waals surface area contributed by atoms with Gasteiger partial charge >= 0.3 is 6.09 Å². The number of likely N-dealkylation sites (tertiary alicyclic amines) is 1. The van der Waals surface area contributed by atoms with Crippen molar-refractivity contribution >= 4 is 17.1 Å². The Hall–Kier alpha value is -3.71. The third-order valence-electron chi connectivity index (χ3n) is 6.48. The summed E-state index contributed by atoms with van der Waals surface area (Å²) in [6, 6.07) is 16.3. The predicted octanol–water partition coefficient (Wildman–Crippen LogP) is 6.12. The number of aromatic nitrogens is 2. The highest BCUT2D eigenvalue weighted by atomic mass is 16.6. The van der Waals surface area contributed by atoms with Gasteiger partial charge in [-0.1, -0.05) is 30.3 Å². The first-order valence-electron chi connectivity index (χ1n) is 12.4. The largest absolute Gasteiger partial charge is 0.464 e. The van der Waals surface area contributed by atoms with E-state index in [1.165, 1.54) is 6.33 Å². The normalized spacial score (nSPS) is 18.4. The maximum Gasteiger partial charge on any atom is 0.410 e. The summed E-state index contributed by atoms with van der Waals surface area (Å²) in [5.41, 5.74) is 4.46. The quantitative estimate of drug-likeness (QED) is 0.368. The maximum atomic E-state index is 13.2. The molecule has 4 aromatic rings. The molecule has 5 rings (SSSR count). The number of benzene rings is 2. The molecule has 0 spiro atoms. The van der Waals surface area contributed by atoms with Gasteiger partial charge < -0.3 is 14.5 Å². The highest BCUT2D eigenvalue weighted by Crippen LogP contribution is 2.34. The molecule has 1 amide bonds. The van der Waals surface area contributed by atoms with E-state index in [-0.39, 0.29) is 18.2 Å². The number of carbonyl (C=O) groups is 1. The van der Waals surface area contributed by atoms with Crippen molar-refractivity contribution in [3.05, 3.63) is 84.6 Å². The number of furan rings is 1. The van der Waals surface area contributed by atoms with Crippen LogP contribution in [0.5, 0.6) is 0 Å². The molecule has 1 aliphatic rings. The van der Waals surface area contributed by atoms with Crippen molar-refractivity contribution in [2.75, 3.05) is 6.54 Å². The van der Waals surface area contributed by atoms with Crippen LogP contribution in [0.3, 0.4) is 0 Å². The van der Waals surface area contributed by atoms with Crippen LogP contribution >= 0.6 is 0 Å². The number of ether oxygens (including phenoxy) is 1. The van der Waals surface area contributed by atoms with Gasteiger partial charge in [0, 0.05) is 48.0 Å². The van der Waals surface area contributed by atoms with Gasteiger partial charge in [-0.3, -0.25) is 4.90 Å². The van der Waals surface area contributed by atoms with Crippen molar-refractivity contribution < 1.29 is 13.9 Å². The molecule has 3 heterocycles. The monoisotopic (exact) mass is 484 g/mol. The highest BCUT2D eigenvalue weighted by Gasteiger charge is 2.37. The van der Waals surface area contributed by atoms with Gasteiger partial charge in [0.15, 0.2) is 0 Å². The van der Waals surface area contributed by atoms with E-state index in [1.54, 1.807) is 6.26 Å². The zero-order valence-electron chi connectivity index (χ0n) is 21.0. The number of fused-ring (bicyclic) bond motifs is 1. The summed E-state index contributed by atoms with van der Waals surface area (Å²) >= 11 is 0. The number of rotatable bonds is 5. The Balaban J connectivity index is 1.44. The molecule has 1 aliphatic heterocycles. The van der Waals surface area contributed by atoms with Gasteiger partial charge in [0.25, 0.3) is 0 Å². The van der Waals surface area contributed by atoms with Crippen molar-refractivity contribution in [2.45, 2.75) is 57.8 Å². The average Bonchev–Trinajstić information content (AvgIpc) is 3.36. The van der Waals surface area contributed by atoms with Crippen LogP contribution in [-0.4, -0.2) is 39.1 Å². The Morgan fingerprint density at radius 2 is 1.89 bits per heavy atom. The molecule has 0 unspecified atom stereocenters. The summed E-state index contributed by atoms with van der Waals surface area (Å²) in [4.78, 5) is 23.4. The molecule has 0 radical (unpaired) electrons. The minimum absolute atomic E-state index is 0.0578. The second-order valence-electron chi connectivity index (χ2n) is 10.3. The molecule has 36 heavy (non-hydrogen) atoms. The molecule has 186 valence electrons. The van der Waals surface area contributed by atoms with E-state index in [2.05, 4.69) is 39.6 Å². The summed E-state index contributed by atoms with van der Waals surface area (Å²) in [7, 11) is 0. The number of nitrogens with one attached hydrogen (secondary N) is 1. The molecular formula is C29H32N4O3. The fourth-order valence-electron chi connectivity index (χ4n) is 4.94. The lowest BCUT2D eigenvalue weighted by Gasteiger charge is -2.42. The van der Waals surface area contributed by atoms with E-state index in [0.29, 0.717) is 13.1 Å². The van der Waals surface area contributed by atoms with E-state index in [4.69, 9.17) is 9.15 Å². The van der Waals surface area contributed by atoms with Crippen LogP contribution in [0.2, 0.25) is 0 Å². The second-order valence-corrected chi connectivity index (χ2v) is 10.3. The average molecular weight is 485 g/mol. The topological polar surface area (TPSA) is 80.5 Å². The number of piperidine rings is 1. The summed E-state index contributed by atoms with van der Waals surface area (Å²) in [5, 5.41) is 4.79. The Labute approximate surface area is 211 Å². The van der Waals surface area contributed by atoms with Crippen LogP contribution in [0.15, 0.2) is 77.9 Å². The zero-order valence-corrected chi connectivity index (χ0v) is 21.0. The summed E-state index contributed by atoms with van der Waals surface area (Å²) in [6.07, 6.45) is 8.46. The Morgan fingerprint density at radius 3 is 2.64 bits per heavy atom.